The third-order valence-electron chi connectivity index (χ3n) is 4.36. The molecule has 2 aromatic carbocycles. The van der Waals surface area contributed by atoms with Crippen molar-refractivity contribution >= 4 is 28.5 Å². The van der Waals surface area contributed by atoms with Gasteiger partial charge in [0.15, 0.2) is 0 Å². The van der Waals surface area contributed by atoms with Gasteiger partial charge in [-0.15, -0.1) is 0 Å². The molecule has 0 fully saturated rings. The number of nitrogens with one attached hydrogen (secondary N) is 1. The molecule has 6 heteroatoms. The summed E-state index contributed by atoms with van der Waals surface area (Å²) in [5, 5.41) is 0.716. The molecule has 0 aliphatic rings. The fraction of sp³-hybridized carbons (Fsp3) is 0.143. The highest BCUT2D eigenvalue weighted by atomic mass is 16.5. The van der Waals surface area contributed by atoms with Crippen LogP contribution >= 0.6 is 0 Å². The summed E-state index contributed by atoms with van der Waals surface area (Å²) in [5.74, 6) is -0.900. The normalized spacial score (nSPS) is 11.0. The average Bonchev–Trinajstić information content (AvgIpc) is 3.25. The van der Waals surface area contributed by atoms with Crippen LogP contribution < -0.4 is 0 Å². The minimum atomic E-state index is -0.450. The monoisotopic (exact) mass is 362 g/mol. The number of H-pyrrole nitrogens is 1. The number of aromatic amines is 1. The molecule has 4 aromatic rings. The Bertz CT molecular complexity index is 1130. The van der Waals surface area contributed by atoms with E-state index in [-0.39, 0.29) is 13.2 Å². The molecule has 4 rings (SSSR count). The van der Waals surface area contributed by atoms with E-state index < -0.39 is 11.9 Å². The first-order chi connectivity index (χ1) is 13.2. The number of para-hydroxylation sites is 1. The highest BCUT2D eigenvalue weighted by molar-refractivity contribution is 6.12. The predicted octanol–water partition coefficient (Wildman–Crippen LogP) is 3.95. The molecule has 1 N–H and O–H groups in total. The van der Waals surface area contributed by atoms with Gasteiger partial charge in [-0.05, 0) is 18.6 Å². The number of imidazole rings is 1. The van der Waals surface area contributed by atoms with Crippen LogP contribution in [0, 0.1) is 0 Å². The maximum Gasteiger partial charge on any atom is 0.356 e. The summed E-state index contributed by atoms with van der Waals surface area (Å²) in [6, 6.07) is 16.9. The van der Waals surface area contributed by atoms with Crippen molar-refractivity contribution in [3.8, 4) is 0 Å². The van der Waals surface area contributed by atoms with E-state index >= 15 is 0 Å². The van der Waals surface area contributed by atoms with Crippen LogP contribution in [0.2, 0.25) is 0 Å². The zero-order chi connectivity index (χ0) is 18.8. The number of hydrogen-bond donors (Lipinski definition) is 1. The van der Waals surface area contributed by atoms with Gasteiger partial charge in [-0.3, -0.25) is 4.40 Å². The Morgan fingerprint density at radius 3 is 2.48 bits per heavy atom. The lowest BCUT2D eigenvalue weighted by Crippen LogP contribution is -2.07. The number of rotatable bonds is 5. The minimum absolute atomic E-state index is 0.177. The maximum atomic E-state index is 12.8. The Labute approximate surface area is 155 Å². The van der Waals surface area contributed by atoms with E-state index in [1.807, 2.05) is 54.6 Å². The second-order valence-corrected chi connectivity index (χ2v) is 6.03. The van der Waals surface area contributed by atoms with Crippen LogP contribution in [0.5, 0.6) is 0 Å². The lowest BCUT2D eigenvalue weighted by molar-refractivity contribution is 0.0474. The molecular weight excluding hydrogens is 344 g/mol. The first kappa shape index (κ1) is 16.9. The number of ether oxygens (including phenoxy) is 2. The number of hydrogen-bond acceptors (Lipinski definition) is 4. The third-order valence-corrected chi connectivity index (χ3v) is 4.36. The number of fused-ring (bicyclic) bond motifs is 3. The molecule has 0 atom stereocenters. The molecule has 0 spiro atoms. The number of esters is 2. The molecule has 27 heavy (non-hydrogen) atoms. The molecular formula is C21H18N2O4. The van der Waals surface area contributed by atoms with Crippen LogP contribution in [-0.2, 0) is 16.1 Å². The molecule has 2 heterocycles. The van der Waals surface area contributed by atoms with Gasteiger partial charge in [0.1, 0.15) is 23.5 Å². The Morgan fingerprint density at radius 1 is 0.963 bits per heavy atom. The highest BCUT2D eigenvalue weighted by Crippen LogP contribution is 2.28. The lowest BCUT2D eigenvalue weighted by Gasteiger charge is -2.04. The quantitative estimate of drug-likeness (QED) is 0.546. The molecule has 0 radical (unpaired) electrons. The van der Waals surface area contributed by atoms with E-state index in [1.165, 1.54) is 0 Å². The Balaban J connectivity index is 1.77. The standard InChI is InChI=1S/C21H18N2O4/c1-2-26-20(24)17-12-22-19-18(15-10-6-7-11-16(15)23(17)19)21(25)27-13-14-8-4-3-5-9-14/h3-12,22H,2,13H2,1H3. The Kier molecular flexibility index (Phi) is 4.38. The van der Waals surface area contributed by atoms with Crippen LogP contribution in [0.4, 0.5) is 0 Å². The van der Waals surface area contributed by atoms with Crippen LogP contribution in [0.3, 0.4) is 0 Å². The second kappa shape index (κ2) is 6.99. The largest absolute Gasteiger partial charge is 0.461 e. The van der Waals surface area contributed by atoms with Crippen molar-refractivity contribution in [3.05, 3.63) is 77.6 Å². The van der Waals surface area contributed by atoms with Gasteiger partial charge < -0.3 is 14.5 Å². The van der Waals surface area contributed by atoms with Gasteiger partial charge in [-0.1, -0.05) is 48.5 Å². The zero-order valence-corrected chi connectivity index (χ0v) is 14.8. The first-order valence-corrected chi connectivity index (χ1v) is 8.69. The molecule has 0 saturated carbocycles. The number of nitrogens with zero attached hydrogens (tertiary/aromatic N) is 1. The number of aromatic nitrogens is 2. The summed E-state index contributed by atoms with van der Waals surface area (Å²) in [6.45, 7) is 2.20. The lowest BCUT2D eigenvalue weighted by atomic mass is 10.1. The van der Waals surface area contributed by atoms with Gasteiger partial charge in [0.25, 0.3) is 0 Å². The van der Waals surface area contributed by atoms with Gasteiger partial charge in [0.05, 0.1) is 12.1 Å². The van der Waals surface area contributed by atoms with Crippen molar-refractivity contribution in [1.82, 2.24) is 9.38 Å². The van der Waals surface area contributed by atoms with Crippen molar-refractivity contribution in [3.63, 3.8) is 0 Å². The van der Waals surface area contributed by atoms with Crippen molar-refractivity contribution in [2.45, 2.75) is 13.5 Å². The summed E-state index contributed by atoms with van der Waals surface area (Å²) in [5.41, 5.74) is 2.90. The molecule has 0 amide bonds. The van der Waals surface area contributed by atoms with Crippen LogP contribution in [0.25, 0.3) is 16.6 Å². The summed E-state index contributed by atoms with van der Waals surface area (Å²) < 4.78 is 12.3. The topological polar surface area (TPSA) is 72.8 Å². The Hall–Kier alpha value is -3.54. The van der Waals surface area contributed by atoms with E-state index in [1.54, 1.807) is 17.5 Å². The smallest absolute Gasteiger partial charge is 0.356 e. The molecule has 6 nitrogen and oxygen atoms in total. The fourth-order valence-electron chi connectivity index (χ4n) is 3.19. The van der Waals surface area contributed by atoms with Crippen molar-refractivity contribution in [1.29, 1.82) is 0 Å². The molecule has 136 valence electrons. The van der Waals surface area contributed by atoms with E-state index in [0.717, 1.165) is 11.1 Å². The molecule has 0 bridgehead atoms. The van der Waals surface area contributed by atoms with Crippen molar-refractivity contribution < 1.29 is 19.1 Å². The van der Waals surface area contributed by atoms with Gasteiger partial charge in [0.2, 0.25) is 0 Å². The SMILES string of the molecule is CCOC(=O)c1c[nH]c2c(C(=O)OCc3ccccc3)c3ccccc3n12. The summed E-state index contributed by atoms with van der Waals surface area (Å²) >= 11 is 0. The average molecular weight is 362 g/mol. The number of carbonyl (C=O) groups excluding carboxylic acids is 2. The van der Waals surface area contributed by atoms with E-state index in [4.69, 9.17) is 9.47 Å². The highest BCUT2D eigenvalue weighted by Gasteiger charge is 2.24. The molecule has 0 aliphatic heterocycles. The Morgan fingerprint density at radius 2 is 1.70 bits per heavy atom. The third kappa shape index (κ3) is 2.95. The van der Waals surface area contributed by atoms with Gasteiger partial charge in [0, 0.05) is 11.6 Å². The van der Waals surface area contributed by atoms with Crippen LogP contribution in [-0.4, -0.2) is 27.9 Å². The van der Waals surface area contributed by atoms with Crippen LogP contribution in [0.1, 0.15) is 33.3 Å². The van der Waals surface area contributed by atoms with E-state index in [9.17, 15) is 9.59 Å². The van der Waals surface area contributed by atoms with Gasteiger partial charge in [-0.25, -0.2) is 9.59 Å². The number of carbonyl (C=O) groups is 2. The summed E-state index contributed by atoms with van der Waals surface area (Å²) in [6.07, 6.45) is 1.55. The molecule has 0 saturated heterocycles. The molecule has 0 aliphatic carbocycles. The maximum absolute atomic E-state index is 12.8. The zero-order valence-electron chi connectivity index (χ0n) is 14.8. The fourth-order valence-corrected chi connectivity index (χ4v) is 3.19. The van der Waals surface area contributed by atoms with Crippen molar-refractivity contribution in [2.24, 2.45) is 0 Å². The van der Waals surface area contributed by atoms with Gasteiger partial charge in [-0.2, -0.15) is 0 Å². The predicted molar refractivity (Wildman–Crippen MR) is 101 cm³/mol. The minimum Gasteiger partial charge on any atom is -0.461 e. The molecule has 2 aromatic heterocycles. The van der Waals surface area contributed by atoms with Gasteiger partial charge >= 0.3 is 11.9 Å². The summed E-state index contributed by atoms with van der Waals surface area (Å²) in [4.78, 5) is 28.1. The van der Waals surface area contributed by atoms with E-state index in [0.29, 0.717) is 22.3 Å². The second-order valence-electron chi connectivity index (χ2n) is 6.03. The molecule has 0 unspecified atom stereocenters. The first-order valence-electron chi connectivity index (χ1n) is 8.69. The van der Waals surface area contributed by atoms with Crippen molar-refractivity contribution in [2.75, 3.05) is 6.61 Å². The van der Waals surface area contributed by atoms with Crippen LogP contribution in [0.15, 0.2) is 60.8 Å². The number of benzene rings is 2. The van der Waals surface area contributed by atoms with E-state index in [2.05, 4.69) is 4.98 Å². The summed E-state index contributed by atoms with van der Waals surface area (Å²) in [7, 11) is 0.